The molecule has 0 spiro atoms. The third-order valence-corrected chi connectivity index (χ3v) is 2.95. The number of carbonyl (C=O) groups excluding carboxylic acids is 1. The Bertz CT molecular complexity index is 381. The SMILES string of the molecule is Cc1cnccc1NC(=O)C1CCCNC1.Cl.Cl. The number of hydrogen-bond acceptors (Lipinski definition) is 3. The molecule has 0 saturated carbocycles. The first-order valence-corrected chi connectivity index (χ1v) is 5.69. The number of piperidine rings is 1. The lowest BCUT2D eigenvalue weighted by molar-refractivity contribution is -0.120. The number of nitrogens with zero attached hydrogens (tertiary/aromatic N) is 1. The van der Waals surface area contributed by atoms with Crippen molar-refractivity contribution in [3.63, 3.8) is 0 Å². The predicted octanol–water partition coefficient (Wildman–Crippen LogP) is 2.17. The van der Waals surface area contributed by atoms with Crippen LogP contribution in [0.2, 0.25) is 0 Å². The summed E-state index contributed by atoms with van der Waals surface area (Å²) in [6.45, 7) is 3.76. The van der Waals surface area contributed by atoms with Gasteiger partial charge in [-0.05, 0) is 37.9 Å². The number of halogens is 2. The second-order valence-corrected chi connectivity index (χ2v) is 4.22. The molecular formula is C12H19Cl2N3O. The quantitative estimate of drug-likeness (QED) is 0.878. The van der Waals surface area contributed by atoms with Crippen LogP contribution < -0.4 is 10.6 Å². The van der Waals surface area contributed by atoms with Crippen LogP contribution in [0.3, 0.4) is 0 Å². The molecule has 18 heavy (non-hydrogen) atoms. The Labute approximate surface area is 120 Å². The number of anilines is 1. The van der Waals surface area contributed by atoms with Gasteiger partial charge in [-0.25, -0.2) is 0 Å². The molecule has 6 heteroatoms. The van der Waals surface area contributed by atoms with Crippen LogP contribution in [-0.2, 0) is 4.79 Å². The number of nitrogens with one attached hydrogen (secondary N) is 2. The van der Waals surface area contributed by atoms with E-state index < -0.39 is 0 Å². The molecule has 1 fully saturated rings. The maximum atomic E-state index is 11.9. The minimum Gasteiger partial charge on any atom is -0.325 e. The Morgan fingerprint density at radius 3 is 2.89 bits per heavy atom. The van der Waals surface area contributed by atoms with E-state index in [1.165, 1.54) is 0 Å². The second-order valence-electron chi connectivity index (χ2n) is 4.22. The minimum absolute atomic E-state index is 0. The van der Waals surface area contributed by atoms with Crippen molar-refractivity contribution >= 4 is 36.4 Å². The monoisotopic (exact) mass is 291 g/mol. The number of aromatic nitrogens is 1. The van der Waals surface area contributed by atoms with E-state index in [0.717, 1.165) is 37.2 Å². The largest absolute Gasteiger partial charge is 0.325 e. The minimum atomic E-state index is 0. The Hall–Kier alpha value is -0.840. The van der Waals surface area contributed by atoms with Crippen LogP contribution in [-0.4, -0.2) is 24.0 Å². The van der Waals surface area contributed by atoms with E-state index in [1.807, 2.05) is 13.0 Å². The summed E-state index contributed by atoms with van der Waals surface area (Å²) in [6.07, 6.45) is 5.51. The molecule has 2 heterocycles. The zero-order chi connectivity index (χ0) is 11.4. The average Bonchev–Trinajstić information content (AvgIpc) is 2.33. The molecule has 2 rings (SSSR count). The lowest BCUT2D eigenvalue weighted by atomic mass is 9.98. The van der Waals surface area contributed by atoms with Gasteiger partial charge < -0.3 is 10.6 Å². The molecular weight excluding hydrogens is 273 g/mol. The van der Waals surface area contributed by atoms with Crippen LogP contribution >= 0.6 is 24.8 Å². The van der Waals surface area contributed by atoms with Crippen molar-refractivity contribution in [2.75, 3.05) is 18.4 Å². The van der Waals surface area contributed by atoms with Crippen molar-refractivity contribution in [1.29, 1.82) is 0 Å². The van der Waals surface area contributed by atoms with Gasteiger partial charge in [0.05, 0.1) is 5.92 Å². The molecule has 0 aliphatic carbocycles. The number of carbonyl (C=O) groups is 1. The van der Waals surface area contributed by atoms with Gasteiger partial charge in [0.15, 0.2) is 0 Å². The molecule has 1 saturated heterocycles. The molecule has 1 aliphatic heterocycles. The number of pyridine rings is 1. The van der Waals surface area contributed by atoms with Crippen molar-refractivity contribution in [2.24, 2.45) is 5.92 Å². The summed E-state index contributed by atoms with van der Waals surface area (Å²) in [5, 5.41) is 6.20. The molecule has 1 aromatic heterocycles. The zero-order valence-electron chi connectivity index (χ0n) is 10.3. The topological polar surface area (TPSA) is 54.0 Å². The van der Waals surface area contributed by atoms with Gasteiger partial charge in [-0.1, -0.05) is 0 Å². The molecule has 4 nitrogen and oxygen atoms in total. The Morgan fingerprint density at radius 1 is 1.50 bits per heavy atom. The van der Waals surface area contributed by atoms with Gasteiger partial charge in [0.25, 0.3) is 0 Å². The van der Waals surface area contributed by atoms with Gasteiger partial charge in [0.1, 0.15) is 0 Å². The molecule has 1 amide bonds. The van der Waals surface area contributed by atoms with Crippen molar-refractivity contribution in [1.82, 2.24) is 10.3 Å². The van der Waals surface area contributed by atoms with Gasteiger partial charge in [0.2, 0.25) is 5.91 Å². The van der Waals surface area contributed by atoms with Gasteiger partial charge in [0, 0.05) is 24.6 Å². The van der Waals surface area contributed by atoms with Crippen molar-refractivity contribution in [2.45, 2.75) is 19.8 Å². The lowest BCUT2D eigenvalue weighted by Gasteiger charge is -2.22. The van der Waals surface area contributed by atoms with E-state index in [-0.39, 0.29) is 36.6 Å². The summed E-state index contributed by atoms with van der Waals surface area (Å²) in [4.78, 5) is 15.9. The van der Waals surface area contributed by atoms with Crippen molar-refractivity contribution in [3.8, 4) is 0 Å². The fourth-order valence-electron chi connectivity index (χ4n) is 1.92. The summed E-state index contributed by atoms with van der Waals surface area (Å²) in [5.74, 6) is 0.211. The molecule has 2 N–H and O–H groups in total. The first-order valence-electron chi connectivity index (χ1n) is 5.69. The molecule has 1 unspecified atom stereocenters. The fourth-order valence-corrected chi connectivity index (χ4v) is 1.92. The molecule has 102 valence electrons. The van der Waals surface area contributed by atoms with E-state index in [4.69, 9.17) is 0 Å². The highest BCUT2D eigenvalue weighted by Crippen LogP contribution is 2.16. The van der Waals surface area contributed by atoms with E-state index in [9.17, 15) is 4.79 Å². The van der Waals surface area contributed by atoms with Crippen LogP contribution in [0.1, 0.15) is 18.4 Å². The predicted molar refractivity (Wildman–Crippen MR) is 77.7 cm³/mol. The second kappa shape index (κ2) is 8.29. The van der Waals surface area contributed by atoms with Gasteiger partial charge in [-0.2, -0.15) is 0 Å². The van der Waals surface area contributed by atoms with Gasteiger partial charge >= 0.3 is 0 Å². The van der Waals surface area contributed by atoms with E-state index in [1.54, 1.807) is 12.4 Å². The van der Waals surface area contributed by atoms with Crippen LogP contribution in [0.25, 0.3) is 0 Å². The van der Waals surface area contributed by atoms with Gasteiger partial charge in [-0.15, -0.1) is 24.8 Å². The zero-order valence-corrected chi connectivity index (χ0v) is 11.9. The molecule has 0 radical (unpaired) electrons. The highest BCUT2D eigenvalue weighted by molar-refractivity contribution is 5.93. The van der Waals surface area contributed by atoms with E-state index >= 15 is 0 Å². The van der Waals surface area contributed by atoms with E-state index in [2.05, 4.69) is 15.6 Å². The van der Waals surface area contributed by atoms with Crippen LogP contribution in [0.4, 0.5) is 5.69 Å². The summed E-state index contributed by atoms with van der Waals surface area (Å²) in [7, 11) is 0. The molecule has 1 aromatic rings. The number of amides is 1. The Balaban J connectivity index is 0.00000144. The molecule has 0 bridgehead atoms. The highest BCUT2D eigenvalue weighted by atomic mass is 35.5. The summed E-state index contributed by atoms with van der Waals surface area (Å²) < 4.78 is 0. The Morgan fingerprint density at radius 2 is 2.28 bits per heavy atom. The van der Waals surface area contributed by atoms with Crippen molar-refractivity contribution in [3.05, 3.63) is 24.0 Å². The van der Waals surface area contributed by atoms with Crippen LogP contribution in [0.15, 0.2) is 18.5 Å². The average molecular weight is 292 g/mol. The van der Waals surface area contributed by atoms with Gasteiger partial charge in [-0.3, -0.25) is 9.78 Å². The number of rotatable bonds is 2. The maximum Gasteiger partial charge on any atom is 0.228 e. The maximum absolute atomic E-state index is 11.9. The highest BCUT2D eigenvalue weighted by Gasteiger charge is 2.20. The Kier molecular flexibility index (Phi) is 7.91. The third-order valence-electron chi connectivity index (χ3n) is 2.95. The lowest BCUT2D eigenvalue weighted by Crippen LogP contribution is -2.37. The molecule has 1 atom stereocenters. The fraction of sp³-hybridized carbons (Fsp3) is 0.500. The van der Waals surface area contributed by atoms with Crippen molar-refractivity contribution < 1.29 is 4.79 Å². The standard InChI is InChI=1S/C12H17N3O.2ClH/c1-9-7-14-6-4-11(9)15-12(16)10-3-2-5-13-8-10;;/h4,6-7,10,13H,2-3,5,8H2,1H3,(H,14,15,16);2*1H. The number of hydrogen-bond donors (Lipinski definition) is 2. The molecule has 0 aromatic carbocycles. The summed E-state index contributed by atoms with van der Waals surface area (Å²) in [6, 6.07) is 1.84. The first kappa shape index (κ1) is 17.2. The van der Waals surface area contributed by atoms with E-state index in [0.29, 0.717) is 0 Å². The smallest absolute Gasteiger partial charge is 0.228 e. The summed E-state index contributed by atoms with van der Waals surface area (Å²) in [5.41, 5.74) is 1.87. The first-order chi connectivity index (χ1) is 7.77. The van der Waals surface area contributed by atoms with Crippen LogP contribution in [0.5, 0.6) is 0 Å². The third kappa shape index (κ3) is 4.44. The normalized spacial score (nSPS) is 18.2. The number of aryl methyl sites for hydroxylation is 1. The molecule has 1 aliphatic rings. The summed E-state index contributed by atoms with van der Waals surface area (Å²) >= 11 is 0. The van der Waals surface area contributed by atoms with Crippen LogP contribution in [0, 0.1) is 12.8 Å².